The predicted octanol–water partition coefficient (Wildman–Crippen LogP) is 2.10. The molecule has 2 aromatic rings. The second kappa shape index (κ2) is 8.57. The Labute approximate surface area is 176 Å². The van der Waals surface area contributed by atoms with Crippen LogP contribution in [0.1, 0.15) is 28.8 Å². The van der Waals surface area contributed by atoms with Gasteiger partial charge in [0, 0.05) is 50.4 Å². The van der Waals surface area contributed by atoms with E-state index in [1.54, 1.807) is 40.1 Å². The first-order chi connectivity index (χ1) is 14.4. The van der Waals surface area contributed by atoms with Crippen LogP contribution in [0.2, 0.25) is 0 Å². The fraction of sp³-hybridized carbons (Fsp3) is 0.364. The Morgan fingerprint density at radius 1 is 0.900 bits per heavy atom. The van der Waals surface area contributed by atoms with Gasteiger partial charge in [-0.25, -0.2) is 8.42 Å². The Balaban J connectivity index is 1.39. The van der Waals surface area contributed by atoms with Gasteiger partial charge in [-0.2, -0.15) is 4.31 Å². The molecule has 4 rings (SSSR count). The lowest BCUT2D eigenvalue weighted by Crippen LogP contribution is -2.50. The molecule has 2 amide bonds. The second-order valence-electron chi connectivity index (χ2n) is 7.63. The van der Waals surface area contributed by atoms with Crippen LogP contribution in [0, 0.1) is 0 Å². The van der Waals surface area contributed by atoms with Crippen LogP contribution in [0.15, 0.2) is 54.6 Å². The first kappa shape index (κ1) is 20.6. The van der Waals surface area contributed by atoms with Crippen molar-refractivity contribution in [3.8, 4) is 0 Å². The van der Waals surface area contributed by atoms with Crippen molar-refractivity contribution in [1.29, 1.82) is 0 Å². The van der Waals surface area contributed by atoms with Crippen molar-refractivity contribution >= 4 is 27.5 Å². The summed E-state index contributed by atoms with van der Waals surface area (Å²) in [7, 11) is -3.42. The maximum atomic E-state index is 13.0. The van der Waals surface area contributed by atoms with E-state index >= 15 is 0 Å². The average Bonchev–Trinajstić information content (AvgIpc) is 3.20. The normalized spacial score (nSPS) is 18.1. The molecule has 2 aromatic carbocycles. The molecule has 0 saturated carbocycles. The average molecular weight is 428 g/mol. The highest BCUT2D eigenvalue weighted by molar-refractivity contribution is 7.88. The highest BCUT2D eigenvalue weighted by Gasteiger charge is 2.30. The summed E-state index contributed by atoms with van der Waals surface area (Å²) >= 11 is 0. The van der Waals surface area contributed by atoms with Gasteiger partial charge < -0.3 is 9.80 Å². The Hall–Kier alpha value is -2.71. The first-order valence-electron chi connectivity index (χ1n) is 10.2. The predicted molar refractivity (Wildman–Crippen MR) is 115 cm³/mol. The molecule has 2 heterocycles. The number of rotatable bonds is 5. The van der Waals surface area contributed by atoms with Crippen molar-refractivity contribution in [3.05, 3.63) is 65.7 Å². The van der Waals surface area contributed by atoms with Crippen LogP contribution in [-0.2, 0) is 20.6 Å². The van der Waals surface area contributed by atoms with E-state index in [0.29, 0.717) is 31.6 Å². The number of piperazine rings is 1. The highest BCUT2D eigenvalue weighted by atomic mass is 32.2. The minimum Gasteiger partial charge on any atom is -0.336 e. The second-order valence-corrected chi connectivity index (χ2v) is 9.60. The van der Waals surface area contributed by atoms with Crippen molar-refractivity contribution in [2.24, 2.45) is 0 Å². The van der Waals surface area contributed by atoms with Crippen LogP contribution in [0.25, 0.3) is 0 Å². The molecule has 30 heavy (non-hydrogen) atoms. The van der Waals surface area contributed by atoms with Crippen molar-refractivity contribution in [3.63, 3.8) is 0 Å². The van der Waals surface area contributed by atoms with E-state index in [-0.39, 0.29) is 30.7 Å². The molecule has 2 fully saturated rings. The Kier molecular flexibility index (Phi) is 5.87. The van der Waals surface area contributed by atoms with E-state index in [9.17, 15) is 18.0 Å². The Bertz CT molecular complexity index is 1030. The van der Waals surface area contributed by atoms with Gasteiger partial charge in [0.05, 0.1) is 5.75 Å². The summed E-state index contributed by atoms with van der Waals surface area (Å²) in [6.07, 6.45) is 1.37. The minimum absolute atomic E-state index is 0.0340. The summed E-state index contributed by atoms with van der Waals surface area (Å²) in [5.41, 5.74) is 2.02. The lowest BCUT2D eigenvalue weighted by Gasteiger charge is -2.34. The van der Waals surface area contributed by atoms with Gasteiger partial charge in [0.1, 0.15) is 0 Å². The molecule has 0 aromatic heterocycles. The van der Waals surface area contributed by atoms with Crippen LogP contribution in [0.4, 0.5) is 5.69 Å². The van der Waals surface area contributed by atoms with Crippen molar-refractivity contribution in [1.82, 2.24) is 9.21 Å². The first-order valence-corrected chi connectivity index (χ1v) is 11.8. The summed E-state index contributed by atoms with van der Waals surface area (Å²) in [4.78, 5) is 28.3. The Morgan fingerprint density at radius 3 is 2.30 bits per heavy atom. The topological polar surface area (TPSA) is 78.0 Å². The van der Waals surface area contributed by atoms with E-state index in [0.717, 1.165) is 17.7 Å². The molecule has 2 aliphatic rings. The minimum atomic E-state index is -3.42. The number of carbonyl (C=O) groups excluding carboxylic acids is 2. The smallest absolute Gasteiger partial charge is 0.254 e. The Morgan fingerprint density at radius 2 is 1.63 bits per heavy atom. The van der Waals surface area contributed by atoms with Gasteiger partial charge in [0.25, 0.3) is 5.91 Å². The molecule has 158 valence electrons. The largest absolute Gasteiger partial charge is 0.336 e. The molecule has 0 atom stereocenters. The summed E-state index contributed by atoms with van der Waals surface area (Å²) < 4.78 is 26.9. The summed E-state index contributed by atoms with van der Waals surface area (Å²) in [5, 5.41) is 0. The number of hydrogen-bond donors (Lipinski definition) is 0. The van der Waals surface area contributed by atoms with Gasteiger partial charge in [-0.15, -0.1) is 0 Å². The summed E-state index contributed by atoms with van der Waals surface area (Å²) in [6.45, 7) is 1.93. The van der Waals surface area contributed by atoms with E-state index in [1.807, 2.05) is 24.3 Å². The zero-order chi connectivity index (χ0) is 21.1. The third-order valence-electron chi connectivity index (χ3n) is 5.59. The van der Waals surface area contributed by atoms with E-state index in [1.165, 1.54) is 4.31 Å². The third-order valence-corrected chi connectivity index (χ3v) is 7.44. The molecule has 0 radical (unpaired) electrons. The molecule has 2 aliphatic heterocycles. The number of carbonyl (C=O) groups is 2. The standard InChI is InChI=1S/C22H25N3O4S/c26-21-10-5-11-25(21)20-9-4-8-19(16-20)22(27)23-12-14-24(15-13-23)30(28,29)17-18-6-2-1-3-7-18/h1-4,6-9,16H,5,10-15,17H2. The number of amides is 2. The van der Waals surface area contributed by atoms with Crippen LogP contribution >= 0.6 is 0 Å². The van der Waals surface area contributed by atoms with Crippen LogP contribution in [0.5, 0.6) is 0 Å². The molecular formula is C22H25N3O4S. The van der Waals surface area contributed by atoms with E-state index in [2.05, 4.69) is 0 Å². The lowest BCUT2D eigenvalue weighted by atomic mass is 10.1. The van der Waals surface area contributed by atoms with Gasteiger partial charge >= 0.3 is 0 Å². The molecule has 7 nitrogen and oxygen atoms in total. The third kappa shape index (κ3) is 4.39. The summed E-state index contributed by atoms with van der Waals surface area (Å²) in [6, 6.07) is 16.2. The fourth-order valence-corrected chi connectivity index (χ4v) is 5.47. The number of benzene rings is 2. The van der Waals surface area contributed by atoms with E-state index in [4.69, 9.17) is 0 Å². The number of anilines is 1. The van der Waals surface area contributed by atoms with Crippen molar-refractivity contribution in [2.45, 2.75) is 18.6 Å². The number of sulfonamides is 1. The number of nitrogens with zero attached hydrogens (tertiary/aromatic N) is 3. The zero-order valence-electron chi connectivity index (χ0n) is 16.7. The van der Waals surface area contributed by atoms with E-state index < -0.39 is 10.0 Å². The van der Waals surface area contributed by atoms with Gasteiger partial charge in [-0.1, -0.05) is 36.4 Å². The molecule has 0 aliphatic carbocycles. The molecule has 2 saturated heterocycles. The quantitative estimate of drug-likeness (QED) is 0.732. The molecule has 0 N–H and O–H groups in total. The van der Waals surface area contributed by atoms with Crippen LogP contribution in [-0.4, -0.2) is 62.2 Å². The van der Waals surface area contributed by atoms with Crippen LogP contribution in [0.3, 0.4) is 0 Å². The van der Waals surface area contributed by atoms with Crippen LogP contribution < -0.4 is 4.90 Å². The SMILES string of the molecule is O=C(c1cccc(N2CCCC2=O)c1)N1CCN(S(=O)(=O)Cc2ccccc2)CC1. The molecule has 0 unspecified atom stereocenters. The lowest BCUT2D eigenvalue weighted by molar-refractivity contribution is -0.117. The maximum absolute atomic E-state index is 13.0. The van der Waals surface area contributed by atoms with Gasteiger partial charge in [-0.05, 0) is 30.2 Å². The monoisotopic (exact) mass is 427 g/mol. The van der Waals surface area contributed by atoms with Gasteiger partial charge in [0.2, 0.25) is 15.9 Å². The molecule has 0 bridgehead atoms. The molecule has 0 spiro atoms. The zero-order valence-corrected chi connectivity index (χ0v) is 17.6. The molecule has 8 heteroatoms. The van der Waals surface area contributed by atoms with Gasteiger partial charge in [0.15, 0.2) is 0 Å². The highest BCUT2D eigenvalue weighted by Crippen LogP contribution is 2.23. The fourth-order valence-electron chi connectivity index (χ4n) is 3.96. The molecular weight excluding hydrogens is 402 g/mol. The maximum Gasteiger partial charge on any atom is 0.254 e. The van der Waals surface area contributed by atoms with Crippen molar-refractivity contribution in [2.75, 3.05) is 37.6 Å². The van der Waals surface area contributed by atoms with Crippen molar-refractivity contribution < 1.29 is 18.0 Å². The van der Waals surface area contributed by atoms with Gasteiger partial charge in [-0.3, -0.25) is 9.59 Å². The number of hydrogen-bond acceptors (Lipinski definition) is 4. The summed E-state index contributed by atoms with van der Waals surface area (Å²) in [5.74, 6) is -0.0892.